The molecule has 0 aliphatic carbocycles. The number of ether oxygens (including phenoxy) is 2. The summed E-state index contributed by atoms with van der Waals surface area (Å²) in [6.45, 7) is 4.12. The van der Waals surface area contributed by atoms with Crippen LogP contribution in [0.15, 0.2) is 35.9 Å². The van der Waals surface area contributed by atoms with Crippen molar-refractivity contribution in [3.63, 3.8) is 0 Å². The maximum absolute atomic E-state index is 11.2. The first-order valence-electron chi connectivity index (χ1n) is 5.62. The van der Waals surface area contributed by atoms with Crippen molar-refractivity contribution < 1.29 is 14.3 Å². The highest BCUT2D eigenvalue weighted by Crippen LogP contribution is 2.14. The minimum Gasteiger partial charge on any atom is -0.497 e. The first-order valence-corrected chi connectivity index (χ1v) is 5.62. The highest BCUT2D eigenvalue weighted by atomic mass is 16.5. The Balaban J connectivity index is 2.60. The van der Waals surface area contributed by atoms with Gasteiger partial charge in [0.15, 0.2) is 0 Å². The SMILES string of the molecule is CCOC(=O)/C=C(\C)Cc1ccc(OC)cc1. The zero-order chi connectivity index (χ0) is 12.7. The molecule has 92 valence electrons. The summed E-state index contributed by atoms with van der Waals surface area (Å²) in [6, 6.07) is 7.79. The second-order valence-electron chi connectivity index (χ2n) is 3.77. The van der Waals surface area contributed by atoms with E-state index in [0.29, 0.717) is 6.61 Å². The lowest BCUT2D eigenvalue weighted by molar-refractivity contribution is -0.137. The third-order valence-electron chi connectivity index (χ3n) is 2.29. The second-order valence-corrected chi connectivity index (χ2v) is 3.77. The number of hydrogen-bond acceptors (Lipinski definition) is 3. The van der Waals surface area contributed by atoms with Gasteiger partial charge in [-0.15, -0.1) is 0 Å². The van der Waals surface area contributed by atoms with Crippen LogP contribution in [0.1, 0.15) is 19.4 Å². The van der Waals surface area contributed by atoms with Gasteiger partial charge in [-0.2, -0.15) is 0 Å². The van der Waals surface area contributed by atoms with Gasteiger partial charge in [-0.3, -0.25) is 0 Å². The monoisotopic (exact) mass is 234 g/mol. The maximum Gasteiger partial charge on any atom is 0.330 e. The third kappa shape index (κ3) is 4.72. The van der Waals surface area contributed by atoms with Crippen molar-refractivity contribution in [2.45, 2.75) is 20.3 Å². The first-order chi connectivity index (χ1) is 8.15. The quantitative estimate of drug-likeness (QED) is 0.580. The van der Waals surface area contributed by atoms with Crippen LogP contribution < -0.4 is 4.74 Å². The van der Waals surface area contributed by atoms with Gasteiger partial charge in [0.1, 0.15) is 5.75 Å². The van der Waals surface area contributed by atoms with Crippen molar-refractivity contribution >= 4 is 5.97 Å². The Morgan fingerprint density at radius 2 is 1.94 bits per heavy atom. The summed E-state index contributed by atoms with van der Waals surface area (Å²) >= 11 is 0. The Hall–Kier alpha value is -1.77. The molecule has 0 atom stereocenters. The highest BCUT2D eigenvalue weighted by Gasteiger charge is 2.00. The zero-order valence-corrected chi connectivity index (χ0v) is 10.5. The summed E-state index contributed by atoms with van der Waals surface area (Å²) in [5.74, 6) is 0.555. The number of esters is 1. The molecule has 0 aromatic heterocycles. The first kappa shape index (κ1) is 13.3. The fraction of sp³-hybridized carbons (Fsp3) is 0.357. The lowest BCUT2D eigenvalue weighted by Gasteiger charge is -2.04. The largest absolute Gasteiger partial charge is 0.497 e. The maximum atomic E-state index is 11.2. The number of rotatable bonds is 5. The molecule has 3 heteroatoms. The van der Waals surface area contributed by atoms with Gasteiger partial charge in [-0.05, 0) is 38.0 Å². The Kier molecular flexibility index (Phi) is 5.27. The lowest BCUT2D eigenvalue weighted by Crippen LogP contribution is -2.01. The van der Waals surface area contributed by atoms with E-state index in [9.17, 15) is 4.79 Å². The second kappa shape index (κ2) is 6.74. The van der Waals surface area contributed by atoms with E-state index in [-0.39, 0.29) is 5.97 Å². The van der Waals surface area contributed by atoms with Crippen LogP contribution in [0.3, 0.4) is 0 Å². The van der Waals surface area contributed by atoms with Gasteiger partial charge < -0.3 is 9.47 Å². The van der Waals surface area contributed by atoms with Crippen LogP contribution in [-0.4, -0.2) is 19.7 Å². The van der Waals surface area contributed by atoms with Crippen LogP contribution in [0.4, 0.5) is 0 Å². The van der Waals surface area contributed by atoms with Crippen LogP contribution in [0.25, 0.3) is 0 Å². The minimum atomic E-state index is -0.279. The van der Waals surface area contributed by atoms with Crippen molar-refractivity contribution in [3.8, 4) is 5.75 Å². The van der Waals surface area contributed by atoms with E-state index in [4.69, 9.17) is 9.47 Å². The minimum absolute atomic E-state index is 0.279. The molecule has 0 saturated carbocycles. The van der Waals surface area contributed by atoms with E-state index in [2.05, 4.69) is 0 Å². The summed E-state index contributed by atoms with van der Waals surface area (Å²) < 4.78 is 9.93. The van der Waals surface area contributed by atoms with E-state index >= 15 is 0 Å². The van der Waals surface area contributed by atoms with Crippen molar-refractivity contribution in [1.82, 2.24) is 0 Å². The van der Waals surface area contributed by atoms with Crippen LogP contribution in [-0.2, 0) is 16.0 Å². The Morgan fingerprint density at radius 1 is 1.29 bits per heavy atom. The molecule has 3 nitrogen and oxygen atoms in total. The van der Waals surface area contributed by atoms with E-state index in [0.717, 1.165) is 23.3 Å². The fourth-order valence-electron chi connectivity index (χ4n) is 1.50. The Bertz CT molecular complexity index is 390. The molecule has 0 saturated heterocycles. The summed E-state index contributed by atoms with van der Waals surface area (Å²) in [4.78, 5) is 11.2. The van der Waals surface area contributed by atoms with Crippen LogP contribution >= 0.6 is 0 Å². The Morgan fingerprint density at radius 3 is 2.47 bits per heavy atom. The number of carbonyl (C=O) groups excluding carboxylic acids is 1. The Labute approximate surface area is 102 Å². The summed E-state index contributed by atoms with van der Waals surface area (Å²) in [6.07, 6.45) is 2.27. The molecule has 0 aliphatic rings. The van der Waals surface area contributed by atoms with Crippen molar-refractivity contribution in [3.05, 3.63) is 41.5 Å². The van der Waals surface area contributed by atoms with Gasteiger partial charge in [0.25, 0.3) is 0 Å². The average Bonchev–Trinajstić information content (AvgIpc) is 2.30. The molecule has 0 bridgehead atoms. The highest BCUT2D eigenvalue weighted by molar-refractivity contribution is 5.82. The molecule has 0 unspecified atom stereocenters. The summed E-state index contributed by atoms with van der Waals surface area (Å²) in [5, 5.41) is 0. The van der Waals surface area contributed by atoms with Crippen molar-refractivity contribution in [2.75, 3.05) is 13.7 Å². The predicted octanol–water partition coefficient (Wildman–Crippen LogP) is 2.75. The molecule has 1 aromatic rings. The summed E-state index contributed by atoms with van der Waals surface area (Å²) in [5.41, 5.74) is 2.12. The molecule has 0 heterocycles. The van der Waals surface area contributed by atoms with Crippen LogP contribution in [0, 0.1) is 0 Å². The number of allylic oxidation sites excluding steroid dienone is 1. The number of carbonyl (C=O) groups is 1. The van der Waals surface area contributed by atoms with Crippen LogP contribution in [0.2, 0.25) is 0 Å². The normalized spacial score (nSPS) is 11.1. The van der Waals surface area contributed by atoms with Gasteiger partial charge in [-0.1, -0.05) is 17.7 Å². The molecule has 0 amide bonds. The topological polar surface area (TPSA) is 35.5 Å². The van der Waals surface area contributed by atoms with E-state index in [1.54, 1.807) is 14.0 Å². The van der Waals surface area contributed by atoms with Crippen molar-refractivity contribution in [2.24, 2.45) is 0 Å². The molecule has 1 aromatic carbocycles. The number of benzene rings is 1. The molecule has 0 aliphatic heterocycles. The zero-order valence-electron chi connectivity index (χ0n) is 10.5. The van der Waals surface area contributed by atoms with E-state index in [1.807, 2.05) is 31.2 Å². The van der Waals surface area contributed by atoms with Gasteiger partial charge >= 0.3 is 5.97 Å². The lowest BCUT2D eigenvalue weighted by atomic mass is 10.1. The molecular formula is C14H18O3. The van der Waals surface area contributed by atoms with Crippen LogP contribution in [0.5, 0.6) is 5.75 Å². The fourth-order valence-corrected chi connectivity index (χ4v) is 1.50. The van der Waals surface area contributed by atoms with Gasteiger partial charge in [0.2, 0.25) is 0 Å². The molecule has 0 radical (unpaired) electrons. The smallest absolute Gasteiger partial charge is 0.330 e. The average molecular weight is 234 g/mol. The third-order valence-corrected chi connectivity index (χ3v) is 2.29. The number of hydrogen-bond donors (Lipinski definition) is 0. The molecule has 0 fully saturated rings. The standard InChI is InChI=1S/C14H18O3/c1-4-17-14(15)10-11(2)9-12-5-7-13(16-3)8-6-12/h5-8,10H,4,9H2,1-3H3/b11-10+. The van der Waals surface area contributed by atoms with Gasteiger partial charge in [0.05, 0.1) is 13.7 Å². The molecular weight excluding hydrogens is 216 g/mol. The van der Waals surface area contributed by atoms with Crippen molar-refractivity contribution in [1.29, 1.82) is 0 Å². The molecule has 0 spiro atoms. The molecule has 0 N–H and O–H groups in total. The molecule has 1 rings (SSSR count). The van der Waals surface area contributed by atoms with Gasteiger partial charge in [0, 0.05) is 6.08 Å². The molecule has 17 heavy (non-hydrogen) atoms. The van der Waals surface area contributed by atoms with E-state index in [1.165, 1.54) is 6.08 Å². The van der Waals surface area contributed by atoms with Gasteiger partial charge in [-0.25, -0.2) is 4.79 Å². The van der Waals surface area contributed by atoms with E-state index < -0.39 is 0 Å². The summed E-state index contributed by atoms with van der Waals surface area (Å²) in [7, 11) is 1.64. The number of methoxy groups -OCH3 is 1. The predicted molar refractivity (Wildman–Crippen MR) is 67.1 cm³/mol.